The molecule has 7 heteroatoms. The van der Waals surface area contributed by atoms with E-state index in [1.54, 1.807) is 0 Å². The topological polar surface area (TPSA) is 60.0 Å². The Balaban J connectivity index is 1.50. The fourth-order valence-corrected chi connectivity index (χ4v) is 3.60. The van der Waals surface area contributed by atoms with Gasteiger partial charge in [-0.05, 0) is 18.6 Å². The lowest BCUT2D eigenvalue weighted by Crippen LogP contribution is -2.38. The van der Waals surface area contributed by atoms with Gasteiger partial charge in [-0.2, -0.15) is 0 Å². The first-order valence-corrected chi connectivity index (χ1v) is 8.78. The van der Waals surface area contributed by atoms with Crippen LogP contribution in [0, 0.1) is 0 Å². The minimum atomic E-state index is 0.385. The van der Waals surface area contributed by atoms with E-state index in [-0.39, 0.29) is 0 Å². The minimum Gasteiger partial charge on any atom is -0.313 e. The van der Waals surface area contributed by atoms with Crippen molar-refractivity contribution in [3.8, 4) is 0 Å². The molecule has 3 aromatic heterocycles. The molecule has 126 valence electrons. The molecule has 1 aliphatic heterocycles. The van der Waals surface area contributed by atoms with Gasteiger partial charge in [0.25, 0.3) is 0 Å². The highest BCUT2D eigenvalue weighted by atomic mass is 35.5. The number of aromatic nitrogens is 5. The zero-order chi connectivity index (χ0) is 16.7. The van der Waals surface area contributed by atoms with Crippen molar-refractivity contribution in [3.63, 3.8) is 0 Å². The first kappa shape index (κ1) is 15.6. The first-order valence-electron chi connectivity index (χ1n) is 8.40. The summed E-state index contributed by atoms with van der Waals surface area (Å²) in [4.78, 5) is 4.41. The van der Waals surface area contributed by atoms with Gasteiger partial charge in [-0.1, -0.05) is 31.5 Å². The Labute approximate surface area is 145 Å². The van der Waals surface area contributed by atoms with Gasteiger partial charge in [-0.3, -0.25) is 0 Å². The van der Waals surface area contributed by atoms with Gasteiger partial charge in [0.2, 0.25) is 0 Å². The van der Waals surface area contributed by atoms with Crippen LogP contribution in [-0.2, 0) is 19.5 Å². The third-order valence-electron chi connectivity index (χ3n) is 4.63. The van der Waals surface area contributed by atoms with Crippen molar-refractivity contribution in [2.45, 2.75) is 51.7 Å². The zero-order valence-electron chi connectivity index (χ0n) is 13.9. The van der Waals surface area contributed by atoms with Gasteiger partial charge in [0.15, 0.2) is 5.15 Å². The number of fused-ring (bicyclic) bond motifs is 2. The summed E-state index contributed by atoms with van der Waals surface area (Å²) >= 11 is 6.32. The van der Waals surface area contributed by atoms with Crippen molar-refractivity contribution in [1.82, 2.24) is 29.5 Å². The smallest absolute Gasteiger partial charge is 0.152 e. The Morgan fingerprint density at radius 1 is 1.33 bits per heavy atom. The number of nitrogens with one attached hydrogen (secondary N) is 1. The van der Waals surface area contributed by atoms with E-state index < -0.39 is 0 Å². The second-order valence-electron chi connectivity index (χ2n) is 6.63. The van der Waals surface area contributed by atoms with Crippen LogP contribution in [0.4, 0.5) is 0 Å². The molecule has 1 unspecified atom stereocenters. The van der Waals surface area contributed by atoms with E-state index in [9.17, 15) is 0 Å². The molecule has 3 aromatic rings. The van der Waals surface area contributed by atoms with Crippen molar-refractivity contribution in [1.29, 1.82) is 0 Å². The third-order valence-corrected chi connectivity index (χ3v) is 4.93. The predicted octanol–water partition coefficient (Wildman–Crippen LogP) is 2.81. The normalized spacial score (nSPS) is 17.6. The van der Waals surface area contributed by atoms with Crippen LogP contribution in [0.5, 0.6) is 0 Å². The van der Waals surface area contributed by atoms with E-state index in [2.05, 4.69) is 38.9 Å². The van der Waals surface area contributed by atoms with Crippen LogP contribution in [-0.4, -0.2) is 30.2 Å². The SMILES string of the molecule is CC(C)c1nnc2n1CC(NCc1c(Cl)nc3ccccn13)CC2. The summed E-state index contributed by atoms with van der Waals surface area (Å²) in [5.74, 6) is 2.56. The van der Waals surface area contributed by atoms with Crippen LogP contribution >= 0.6 is 11.6 Å². The molecule has 4 heterocycles. The fraction of sp³-hybridized carbons (Fsp3) is 0.471. The molecule has 6 nitrogen and oxygen atoms in total. The van der Waals surface area contributed by atoms with Crippen LogP contribution in [0.15, 0.2) is 24.4 Å². The van der Waals surface area contributed by atoms with Crippen LogP contribution in [0.1, 0.15) is 43.5 Å². The largest absolute Gasteiger partial charge is 0.313 e. The summed E-state index contributed by atoms with van der Waals surface area (Å²) in [7, 11) is 0. The number of pyridine rings is 1. The number of nitrogens with zero attached hydrogens (tertiary/aromatic N) is 5. The molecule has 4 rings (SSSR count). The molecule has 0 spiro atoms. The number of halogens is 1. The maximum absolute atomic E-state index is 6.32. The van der Waals surface area contributed by atoms with Crippen molar-refractivity contribution < 1.29 is 0 Å². The molecule has 0 bridgehead atoms. The van der Waals surface area contributed by atoms with Crippen molar-refractivity contribution >= 4 is 17.2 Å². The van der Waals surface area contributed by atoms with Crippen molar-refractivity contribution in [2.75, 3.05) is 0 Å². The van der Waals surface area contributed by atoms with E-state index >= 15 is 0 Å². The van der Waals surface area contributed by atoms with Crippen LogP contribution in [0.2, 0.25) is 5.15 Å². The van der Waals surface area contributed by atoms with E-state index in [0.29, 0.717) is 23.7 Å². The van der Waals surface area contributed by atoms with Gasteiger partial charge < -0.3 is 14.3 Å². The number of hydrogen-bond acceptors (Lipinski definition) is 4. The standard InChI is InChI=1S/C17H21ClN6/c1-11(2)17-22-21-15-7-6-12(10-24(15)17)19-9-13-16(18)20-14-5-3-4-8-23(13)14/h3-5,8,11-12,19H,6-7,9-10H2,1-2H3. The predicted molar refractivity (Wildman–Crippen MR) is 93.3 cm³/mol. The Kier molecular flexibility index (Phi) is 4.02. The molecule has 0 amide bonds. The summed E-state index contributed by atoms with van der Waals surface area (Å²) in [5.41, 5.74) is 1.89. The van der Waals surface area contributed by atoms with Gasteiger partial charge in [0, 0.05) is 37.7 Å². The molecule has 1 atom stereocenters. The zero-order valence-corrected chi connectivity index (χ0v) is 14.7. The highest BCUT2D eigenvalue weighted by Crippen LogP contribution is 2.21. The summed E-state index contributed by atoms with van der Waals surface area (Å²) in [6.45, 7) is 5.92. The molecule has 0 saturated heterocycles. The van der Waals surface area contributed by atoms with Crippen molar-refractivity contribution in [2.24, 2.45) is 0 Å². The number of aryl methyl sites for hydroxylation is 1. The summed E-state index contributed by atoms with van der Waals surface area (Å²) in [5, 5.41) is 12.9. The van der Waals surface area contributed by atoms with Gasteiger partial charge in [-0.25, -0.2) is 4.98 Å². The third kappa shape index (κ3) is 2.70. The van der Waals surface area contributed by atoms with Gasteiger partial charge in [0.1, 0.15) is 17.3 Å². The highest BCUT2D eigenvalue weighted by Gasteiger charge is 2.24. The lowest BCUT2D eigenvalue weighted by atomic mass is 10.1. The molecular formula is C17H21ClN6. The average Bonchev–Trinajstić information content (AvgIpc) is 3.12. The monoisotopic (exact) mass is 344 g/mol. The van der Waals surface area contributed by atoms with Gasteiger partial charge >= 0.3 is 0 Å². The highest BCUT2D eigenvalue weighted by molar-refractivity contribution is 6.30. The van der Waals surface area contributed by atoms with E-state index in [4.69, 9.17) is 11.6 Å². The summed E-state index contributed by atoms with van der Waals surface area (Å²) in [6.07, 6.45) is 4.02. The minimum absolute atomic E-state index is 0.385. The second-order valence-corrected chi connectivity index (χ2v) is 6.99. The number of imidazole rings is 1. The molecular weight excluding hydrogens is 324 g/mol. The Hall–Kier alpha value is -1.92. The molecule has 0 radical (unpaired) electrons. The van der Waals surface area contributed by atoms with Crippen LogP contribution in [0.25, 0.3) is 5.65 Å². The maximum Gasteiger partial charge on any atom is 0.152 e. The summed E-state index contributed by atoms with van der Waals surface area (Å²) < 4.78 is 4.31. The number of hydrogen-bond donors (Lipinski definition) is 1. The quantitative estimate of drug-likeness (QED) is 0.790. The Morgan fingerprint density at radius 3 is 3.04 bits per heavy atom. The fourth-order valence-electron chi connectivity index (χ4n) is 3.36. The van der Waals surface area contributed by atoms with Gasteiger partial charge in [-0.15, -0.1) is 10.2 Å². The molecule has 0 aromatic carbocycles. The Bertz CT molecular complexity index is 865. The molecule has 1 N–H and O–H groups in total. The average molecular weight is 345 g/mol. The van der Waals surface area contributed by atoms with Crippen LogP contribution < -0.4 is 5.32 Å². The van der Waals surface area contributed by atoms with Gasteiger partial charge in [0.05, 0.1) is 5.69 Å². The van der Waals surface area contributed by atoms with E-state index in [1.807, 2.05) is 28.8 Å². The molecule has 0 aliphatic carbocycles. The molecule has 0 fully saturated rings. The second kappa shape index (κ2) is 6.18. The molecule has 24 heavy (non-hydrogen) atoms. The first-order chi connectivity index (χ1) is 11.6. The van der Waals surface area contributed by atoms with E-state index in [1.165, 1.54) is 0 Å². The summed E-state index contributed by atoms with van der Waals surface area (Å²) in [6, 6.07) is 6.32. The van der Waals surface area contributed by atoms with Crippen LogP contribution in [0.3, 0.4) is 0 Å². The maximum atomic E-state index is 6.32. The Morgan fingerprint density at radius 2 is 2.21 bits per heavy atom. The lowest BCUT2D eigenvalue weighted by Gasteiger charge is -2.26. The van der Waals surface area contributed by atoms with Crippen molar-refractivity contribution in [3.05, 3.63) is 46.9 Å². The molecule has 1 aliphatic rings. The number of rotatable bonds is 4. The lowest BCUT2D eigenvalue weighted by molar-refractivity contribution is 0.369. The van der Waals surface area contributed by atoms with E-state index in [0.717, 1.165) is 42.4 Å². The molecule has 0 saturated carbocycles.